The first kappa shape index (κ1) is 19.7. The van der Waals surface area contributed by atoms with Gasteiger partial charge in [0.1, 0.15) is 6.04 Å². The number of nitrogens with one attached hydrogen (secondary N) is 1. The first-order valence-electron chi connectivity index (χ1n) is 7.19. The van der Waals surface area contributed by atoms with Crippen LogP contribution in [-0.2, 0) is 20.7 Å². The summed E-state index contributed by atoms with van der Waals surface area (Å²) >= 11 is 12.0. The Hall–Kier alpha value is -1.30. The van der Waals surface area contributed by atoms with E-state index in [2.05, 4.69) is 5.32 Å². The molecule has 0 aliphatic rings. The van der Waals surface area contributed by atoms with Crippen molar-refractivity contribution < 1.29 is 19.4 Å². The first-order valence-corrected chi connectivity index (χ1v) is 7.95. The number of amides is 1. The number of ether oxygens (including phenoxy) is 1. The van der Waals surface area contributed by atoms with Crippen molar-refractivity contribution in [2.75, 3.05) is 6.61 Å². The fourth-order valence-electron chi connectivity index (χ4n) is 1.85. The fraction of sp³-hybridized carbons (Fsp3) is 0.500. The van der Waals surface area contributed by atoms with Crippen molar-refractivity contribution in [1.82, 2.24) is 5.32 Å². The molecule has 7 heteroatoms. The van der Waals surface area contributed by atoms with Crippen LogP contribution in [0.1, 0.15) is 32.8 Å². The summed E-state index contributed by atoms with van der Waals surface area (Å²) in [6.07, 6.45) is 0.0943. The van der Waals surface area contributed by atoms with E-state index in [4.69, 9.17) is 27.9 Å². The molecule has 1 rings (SSSR count). The van der Waals surface area contributed by atoms with Gasteiger partial charge in [-0.2, -0.15) is 0 Å². The summed E-state index contributed by atoms with van der Waals surface area (Å²) in [5.74, 6) is -1.57. The number of hydrogen-bond acceptors (Lipinski definition) is 3. The van der Waals surface area contributed by atoms with Crippen LogP contribution in [-0.4, -0.2) is 35.2 Å². The average molecular weight is 362 g/mol. The van der Waals surface area contributed by atoms with E-state index in [0.29, 0.717) is 15.6 Å². The van der Waals surface area contributed by atoms with Crippen molar-refractivity contribution in [3.05, 3.63) is 33.8 Å². The van der Waals surface area contributed by atoms with Crippen LogP contribution >= 0.6 is 23.2 Å². The molecule has 2 N–H and O–H groups in total. The Morgan fingerprint density at radius 3 is 2.30 bits per heavy atom. The molecule has 0 saturated carbocycles. The first-order chi connectivity index (χ1) is 10.6. The van der Waals surface area contributed by atoms with Gasteiger partial charge in [0.2, 0.25) is 5.91 Å². The van der Waals surface area contributed by atoms with Gasteiger partial charge in [0.25, 0.3) is 0 Å². The van der Waals surface area contributed by atoms with Crippen LogP contribution < -0.4 is 5.32 Å². The highest BCUT2D eigenvalue weighted by Gasteiger charge is 2.22. The van der Waals surface area contributed by atoms with Crippen LogP contribution in [0.4, 0.5) is 0 Å². The second-order valence-electron chi connectivity index (χ2n) is 6.08. The van der Waals surface area contributed by atoms with Gasteiger partial charge in [-0.05, 0) is 38.5 Å². The number of hydrogen-bond donors (Lipinski definition) is 2. The number of carboxylic acid groups (broad SMARTS) is 1. The number of carbonyl (C=O) groups is 2. The number of halogens is 2. The lowest BCUT2D eigenvalue weighted by molar-refractivity contribution is -0.142. The summed E-state index contributed by atoms with van der Waals surface area (Å²) in [6, 6.07) is 3.91. The Kier molecular flexibility index (Phi) is 7.32. The van der Waals surface area contributed by atoms with E-state index in [1.165, 1.54) is 0 Å². The maximum Gasteiger partial charge on any atom is 0.326 e. The van der Waals surface area contributed by atoms with E-state index in [0.717, 1.165) is 0 Å². The predicted molar refractivity (Wildman–Crippen MR) is 90.1 cm³/mol. The molecule has 0 heterocycles. The van der Waals surface area contributed by atoms with E-state index >= 15 is 0 Å². The molecular formula is C16H21Cl2NO4. The fourth-order valence-corrected chi connectivity index (χ4v) is 2.38. The molecule has 1 aromatic carbocycles. The topological polar surface area (TPSA) is 75.6 Å². The van der Waals surface area contributed by atoms with Crippen LogP contribution in [0, 0.1) is 0 Å². The van der Waals surface area contributed by atoms with Gasteiger partial charge in [-0.15, -0.1) is 0 Å². The number of carboxylic acids is 1. The molecule has 0 saturated heterocycles. The van der Waals surface area contributed by atoms with Gasteiger partial charge < -0.3 is 15.2 Å². The molecule has 0 bridgehead atoms. The SMILES string of the molecule is CC(C)(C)OCCC(NC(=O)Cc1c(Cl)cccc1Cl)C(=O)O. The predicted octanol–water partition coefficient (Wildman–Crippen LogP) is 3.31. The summed E-state index contributed by atoms with van der Waals surface area (Å²) < 4.78 is 5.49. The highest BCUT2D eigenvalue weighted by molar-refractivity contribution is 6.36. The molecule has 1 amide bonds. The highest BCUT2D eigenvalue weighted by atomic mass is 35.5. The van der Waals surface area contributed by atoms with Crippen molar-refractivity contribution in [3.8, 4) is 0 Å². The van der Waals surface area contributed by atoms with Gasteiger partial charge in [0, 0.05) is 23.1 Å². The van der Waals surface area contributed by atoms with Crippen LogP contribution in [0.2, 0.25) is 10.0 Å². The van der Waals surface area contributed by atoms with Crippen molar-refractivity contribution in [2.45, 2.75) is 45.3 Å². The van der Waals surface area contributed by atoms with Crippen LogP contribution in [0.25, 0.3) is 0 Å². The van der Waals surface area contributed by atoms with Crippen LogP contribution in [0.5, 0.6) is 0 Å². The van der Waals surface area contributed by atoms with Crippen molar-refractivity contribution in [2.24, 2.45) is 0 Å². The Morgan fingerprint density at radius 2 is 1.83 bits per heavy atom. The lowest BCUT2D eigenvalue weighted by Crippen LogP contribution is -2.42. The van der Waals surface area contributed by atoms with Gasteiger partial charge in [0.05, 0.1) is 12.0 Å². The normalized spacial score (nSPS) is 12.7. The second kappa shape index (κ2) is 8.52. The Bertz CT molecular complexity index is 549. The molecule has 23 heavy (non-hydrogen) atoms. The van der Waals surface area contributed by atoms with E-state index in [9.17, 15) is 14.7 Å². The Labute approximate surface area is 145 Å². The zero-order valence-corrected chi connectivity index (χ0v) is 14.9. The maximum atomic E-state index is 12.1. The molecule has 128 valence electrons. The van der Waals surface area contributed by atoms with Gasteiger partial charge in [-0.25, -0.2) is 4.79 Å². The number of aliphatic carboxylic acids is 1. The third kappa shape index (κ3) is 7.20. The highest BCUT2D eigenvalue weighted by Crippen LogP contribution is 2.24. The molecule has 0 aromatic heterocycles. The zero-order valence-electron chi connectivity index (χ0n) is 13.4. The smallest absolute Gasteiger partial charge is 0.326 e. The summed E-state index contributed by atoms with van der Waals surface area (Å²) in [5.41, 5.74) is 0.112. The Morgan fingerprint density at radius 1 is 1.26 bits per heavy atom. The standard InChI is InChI=1S/C16H21Cl2NO4/c1-16(2,3)23-8-7-13(15(21)22)19-14(20)9-10-11(17)5-4-6-12(10)18/h4-6,13H,7-9H2,1-3H3,(H,19,20)(H,21,22). The molecule has 1 atom stereocenters. The lowest BCUT2D eigenvalue weighted by Gasteiger charge is -2.21. The Balaban J connectivity index is 2.63. The molecule has 0 aliphatic carbocycles. The average Bonchev–Trinajstić information content (AvgIpc) is 2.40. The van der Waals surface area contributed by atoms with E-state index in [-0.39, 0.29) is 25.0 Å². The summed E-state index contributed by atoms with van der Waals surface area (Å²) in [4.78, 5) is 23.3. The molecule has 1 unspecified atom stereocenters. The lowest BCUT2D eigenvalue weighted by atomic mass is 10.1. The molecule has 1 aromatic rings. The van der Waals surface area contributed by atoms with E-state index in [1.54, 1.807) is 18.2 Å². The molecule has 0 radical (unpaired) electrons. The molecule has 0 fully saturated rings. The monoisotopic (exact) mass is 361 g/mol. The van der Waals surface area contributed by atoms with E-state index < -0.39 is 17.9 Å². The zero-order chi connectivity index (χ0) is 17.6. The number of carbonyl (C=O) groups excluding carboxylic acids is 1. The summed E-state index contributed by atoms with van der Waals surface area (Å²) in [7, 11) is 0. The van der Waals surface area contributed by atoms with Crippen molar-refractivity contribution in [3.63, 3.8) is 0 Å². The number of benzene rings is 1. The van der Waals surface area contributed by atoms with Gasteiger partial charge in [-0.3, -0.25) is 4.79 Å². The summed E-state index contributed by atoms with van der Waals surface area (Å²) in [5, 5.41) is 12.4. The summed E-state index contributed by atoms with van der Waals surface area (Å²) in [6.45, 7) is 5.86. The van der Waals surface area contributed by atoms with Gasteiger partial charge in [-0.1, -0.05) is 29.3 Å². The number of rotatable bonds is 7. The molecule has 5 nitrogen and oxygen atoms in total. The maximum absolute atomic E-state index is 12.1. The third-order valence-corrected chi connectivity index (χ3v) is 3.68. The van der Waals surface area contributed by atoms with Crippen molar-refractivity contribution in [1.29, 1.82) is 0 Å². The second-order valence-corrected chi connectivity index (χ2v) is 6.90. The van der Waals surface area contributed by atoms with Crippen LogP contribution in [0.3, 0.4) is 0 Å². The quantitative estimate of drug-likeness (QED) is 0.780. The molecule has 0 spiro atoms. The molecular weight excluding hydrogens is 341 g/mol. The van der Waals surface area contributed by atoms with Gasteiger partial charge in [0.15, 0.2) is 0 Å². The van der Waals surface area contributed by atoms with Crippen molar-refractivity contribution >= 4 is 35.1 Å². The van der Waals surface area contributed by atoms with Crippen LogP contribution in [0.15, 0.2) is 18.2 Å². The third-order valence-electron chi connectivity index (χ3n) is 2.97. The minimum absolute atomic E-state index is 0.0809. The van der Waals surface area contributed by atoms with Gasteiger partial charge >= 0.3 is 5.97 Å². The largest absolute Gasteiger partial charge is 0.480 e. The van der Waals surface area contributed by atoms with E-state index in [1.807, 2.05) is 20.8 Å². The molecule has 0 aliphatic heterocycles. The minimum Gasteiger partial charge on any atom is -0.480 e. The minimum atomic E-state index is -1.11.